The van der Waals surface area contributed by atoms with Gasteiger partial charge in [0.1, 0.15) is 6.10 Å². The number of amides is 1. The van der Waals surface area contributed by atoms with Crippen molar-refractivity contribution in [1.29, 1.82) is 0 Å². The largest absolute Gasteiger partial charge is 0.504 e. The summed E-state index contributed by atoms with van der Waals surface area (Å²) in [7, 11) is 6.34. The summed E-state index contributed by atoms with van der Waals surface area (Å²) in [6.45, 7) is 1.97. The van der Waals surface area contributed by atoms with Crippen LogP contribution in [-0.2, 0) is 23.1 Å². The second kappa shape index (κ2) is 9.78. The zero-order valence-electron chi connectivity index (χ0n) is 24.1. The van der Waals surface area contributed by atoms with E-state index in [9.17, 15) is 9.90 Å². The Bertz CT molecular complexity index is 1470. The van der Waals surface area contributed by atoms with Gasteiger partial charge in [0.05, 0.1) is 24.0 Å². The SMILES string of the molecule is CN(C(=O)/C=C/c1ccoc1)[C@H]1CC[C@@]2(N(C)C)[C@H]3Cc4ccc(O)c5c4[C@@]2(CCN3CCc2ccccc2)[C@H]1O5. The minimum Gasteiger partial charge on any atom is -0.504 e. The van der Waals surface area contributed by atoms with Gasteiger partial charge in [-0.25, -0.2) is 0 Å². The van der Waals surface area contributed by atoms with Crippen LogP contribution in [0, 0.1) is 0 Å². The molecule has 4 aliphatic rings. The number of likely N-dealkylation sites (tertiary alicyclic amines) is 1. The van der Waals surface area contributed by atoms with Crippen molar-refractivity contribution >= 4 is 12.0 Å². The number of benzene rings is 2. The fraction of sp³-hybridized carbons (Fsp3) is 0.441. The third kappa shape index (κ3) is 3.75. The van der Waals surface area contributed by atoms with Gasteiger partial charge in [-0.1, -0.05) is 36.4 Å². The molecule has 41 heavy (non-hydrogen) atoms. The third-order valence-corrected chi connectivity index (χ3v) is 10.7. The fourth-order valence-electron chi connectivity index (χ4n) is 8.93. The lowest BCUT2D eigenvalue weighted by Gasteiger charge is -2.69. The summed E-state index contributed by atoms with van der Waals surface area (Å²) in [5.41, 5.74) is 4.20. The molecule has 3 heterocycles. The molecule has 1 aromatic heterocycles. The number of carbonyl (C=O) groups excluding carboxylic acids is 1. The Balaban J connectivity index is 1.28. The summed E-state index contributed by atoms with van der Waals surface area (Å²) in [5.74, 6) is 0.788. The Hall–Kier alpha value is -3.55. The number of phenolic OH excluding ortho intramolecular Hbond substituents is 1. The number of hydrogen-bond donors (Lipinski definition) is 1. The van der Waals surface area contributed by atoms with Crippen LogP contribution in [-0.4, -0.2) is 83.7 Å². The number of phenols is 1. The molecule has 3 aromatic rings. The van der Waals surface area contributed by atoms with Crippen molar-refractivity contribution in [3.05, 3.63) is 89.4 Å². The standard InChI is InChI=1S/C34H39N3O4/c1-35(2)34-16-13-26(36(3)29(39)12-9-24-15-20-40-22-24)32-33(34)17-19-37(18-14-23-7-5-4-6-8-23)28(34)21-25-10-11-27(38)31(41-32)30(25)33/h4-12,15,20,22,26,28,32,38H,13-14,16-19,21H2,1-3H3/b12-9+/t26-,28+,32-,33-,34+/m0/s1. The molecule has 1 saturated carbocycles. The Labute approximate surface area is 242 Å². The minimum absolute atomic E-state index is 0.0541. The molecule has 2 fully saturated rings. The average molecular weight is 554 g/mol. The van der Waals surface area contributed by atoms with Gasteiger partial charge in [0.2, 0.25) is 5.91 Å². The van der Waals surface area contributed by atoms with Gasteiger partial charge in [0.15, 0.2) is 11.5 Å². The number of nitrogens with zero attached hydrogens (tertiary/aromatic N) is 3. The van der Waals surface area contributed by atoms with E-state index in [0.29, 0.717) is 11.8 Å². The number of piperidine rings is 1. The van der Waals surface area contributed by atoms with Crippen LogP contribution >= 0.6 is 0 Å². The predicted molar refractivity (Wildman–Crippen MR) is 158 cm³/mol. The van der Waals surface area contributed by atoms with Gasteiger partial charge < -0.3 is 24.1 Å². The van der Waals surface area contributed by atoms with Crippen LogP contribution in [0.5, 0.6) is 11.5 Å². The molecule has 2 aliphatic heterocycles. The summed E-state index contributed by atoms with van der Waals surface area (Å²) in [4.78, 5) is 20.5. The van der Waals surface area contributed by atoms with Crippen LogP contribution in [0.4, 0.5) is 0 Å². The summed E-state index contributed by atoms with van der Waals surface area (Å²) < 4.78 is 12.0. The first kappa shape index (κ1) is 26.4. The van der Waals surface area contributed by atoms with Crippen molar-refractivity contribution in [2.75, 3.05) is 34.2 Å². The van der Waals surface area contributed by atoms with Crippen LogP contribution in [0.1, 0.15) is 41.5 Å². The molecular weight excluding hydrogens is 514 g/mol. The van der Waals surface area contributed by atoms with Gasteiger partial charge in [-0.2, -0.15) is 0 Å². The fourth-order valence-corrected chi connectivity index (χ4v) is 8.93. The van der Waals surface area contributed by atoms with Crippen LogP contribution in [0.3, 0.4) is 0 Å². The molecule has 214 valence electrons. The molecule has 1 N–H and O–H groups in total. The Morgan fingerprint density at radius 1 is 1.12 bits per heavy atom. The molecule has 2 aliphatic carbocycles. The molecule has 7 heteroatoms. The van der Waals surface area contributed by atoms with E-state index in [2.05, 4.69) is 60.3 Å². The minimum atomic E-state index is -0.322. The number of rotatable bonds is 7. The summed E-state index contributed by atoms with van der Waals surface area (Å²) >= 11 is 0. The molecule has 2 bridgehead atoms. The topological polar surface area (TPSA) is 69.4 Å². The second-order valence-corrected chi connectivity index (χ2v) is 12.5. The van der Waals surface area contributed by atoms with Crippen LogP contribution < -0.4 is 4.74 Å². The quantitative estimate of drug-likeness (QED) is 0.435. The zero-order valence-corrected chi connectivity index (χ0v) is 24.1. The molecule has 0 radical (unpaired) electrons. The number of ether oxygens (including phenoxy) is 1. The smallest absolute Gasteiger partial charge is 0.246 e. The number of likely N-dealkylation sites (N-methyl/N-ethyl adjacent to an activating group) is 2. The summed E-state index contributed by atoms with van der Waals surface area (Å²) in [5, 5.41) is 11.1. The van der Waals surface area contributed by atoms with Crippen molar-refractivity contribution in [3.63, 3.8) is 0 Å². The van der Waals surface area contributed by atoms with Crippen molar-refractivity contribution in [1.82, 2.24) is 14.7 Å². The maximum Gasteiger partial charge on any atom is 0.246 e. The lowest BCUT2D eigenvalue weighted by atomic mass is 9.46. The molecule has 1 saturated heterocycles. The van der Waals surface area contributed by atoms with E-state index in [1.54, 1.807) is 30.7 Å². The molecule has 7 nitrogen and oxygen atoms in total. The first-order valence-corrected chi connectivity index (χ1v) is 14.8. The molecule has 7 rings (SSSR count). The van der Waals surface area contributed by atoms with Crippen molar-refractivity contribution in [3.8, 4) is 11.5 Å². The van der Waals surface area contributed by atoms with Gasteiger partial charge in [-0.05, 0) is 82.1 Å². The van der Waals surface area contributed by atoms with E-state index in [-0.39, 0.29) is 34.8 Å². The molecule has 0 unspecified atom stereocenters. The first-order chi connectivity index (χ1) is 19.9. The highest BCUT2D eigenvalue weighted by Crippen LogP contribution is 2.67. The highest BCUT2D eigenvalue weighted by Gasteiger charge is 2.74. The Morgan fingerprint density at radius 3 is 2.71 bits per heavy atom. The van der Waals surface area contributed by atoms with E-state index in [0.717, 1.165) is 50.8 Å². The van der Waals surface area contributed by atoms with Gasteiger partial charge in [-0.3, -0.25) is 9.69 Å². The highest BCUT2D eigenvalue weighted by molar-refractivity contribution is 5.92. The number of hydrogen-bond acceptors (Lipinski definition) is 6. The van der Waals surface area contributed by atoms with E-state index in [1.807, 2.05) is 18.0 Å². The van der Waals surface area contributed by atoms with Crippen molar-refractivity contribution < 1.29 is 19.1 Å². The van der Waals surface area contributed by atoms with Gasteiger partial charge >= 0.3 is 0 Å². The summed E-state index contributed by atoms with van der Waals surface area (Å²) in [6, 6.07) is 16.7. The lowest BCUT2D eigenvalue weighted by Crippen LogP contribution is -2.82. The van der Waals surface area contributed by atoms with E-state index in [1.165, 1.54) is 16.7 Å². The van der Waals surface area contributed by atoms with E-state index >= 15 is 0 Å². The van der Waals surface area contributed by atoms with Crippen LogP contribution in [0.15, 0.2) is 71.6 Å². The van der Waals surface area contributed by atoms with Gasteiger partial charge in [0, 0.05) is 42.4 Å². The molecule has 5 atom stereocenters. The normalized spacial score (nSPS) is 29.9. The average Bonchev–Trinajstić information content (AvgIpc) is 3.63. The maximum absolute atomic E-state index is 13.5. The van der Waals surface area contributed by atoms with Gasteiger partial charge in [-0.15, -0.1) is 0 Å². The second-order valence-electron chi connectivity index (χ2n) is 12.5. The van der Waals surface area contributed by atoms with Crippen molar-refractivity contribution in [2.24, 2.45) is 0 Å². The van der Waals surface area contributed by atoms with Gasteiger partial charge in [0.25, 0.3) is 0 Å². The maximum atomic E-state index is 13.5. The Kier molecular flexibility index (Phi) is 6.28. The molecular formula is C34H39N3O4. The number of carbonyl (C=O) groups is 1. The molecule has 2 aromatic carbocycles. The third-order valence-electron chi connectivity index (χ3n) is 10.7. The summed E-state index contributed by atoms with van der Waals surface area (Å²) in [6.07, 6.45) is 11.1. The monoisotopic (exact) mass is 553 g/mol. The predicted octanol–water partition coefficient (Wildman–Crippen LogP) is 4.49. The zero-order chi connectivity index (χ0) is 28.4. The first-order valence-electron chi connectivity index (χ1n) is 14.8. The van der Waals surface area contributed by atoms with Crippen LogP contribution in [0.25, 0.3) is 6.08 Å². The number of furan rings is 1. The van der Waals surface area contributed by atoms with Crippen molar-refractivity contribution in [2.45, 2.75) is 61.2 Å². The number of aromatic hydroxyl groups is 1. The van der Waals surface area contributed by atoms with E-state index in [4.69, 9.17) is 9.15 Å². The van der Waals surface area contributed by atoms with E-state index < -0.39 is 0 Å². The molecule has 1 amide bonds. The highest BCUT2D eigenvalue weighted by atomic mass is 16.5. The lowest BCUT2D eigenvalue weighted by molar-refractivity contribution is -0.160. The van der Waals surface area contributed by atoms with Crippen LogP contribution in [0.2, 0.25) is 0 Å². The Morgan fingerprint density at radius 2 is 1.95 bits per heavy atom. The molecule has 1 spiro atoms.